The van der Waals surface area contributed by atoms with Crippen LogP contribution in [0.15, 0.2) is 33.7 Å². The molecule has 0 saturated heterocycles. The Morgan fingerprint density at radius 1 is 0.947 bits per heavy atom. The van der Waals surface area contributed by atoms with Gasteiger partial charge in [0.15, 0.2) is 0 Å². The first-order valence-corrected chi connectivity index (χ1v) is 8.11. The molecule has 0 N–H and O–H groups in total. The zero-order valence-corrected chi connectivity index (χ0v) is 12.5. The third-order valence-electron chi connectivity index (χ3n) is 2.17. The lowest BCUT2D eigenvalue weighted by molar-refractivity contribution is -0.138. The summed E-state index contributed by atoms with van der Waals surface area (Å²) in [5, 5.41) is 7.55. The summed E-state index contributed by atoms with van der Waals surface area (Å²) in [4.78, 5) is 22.8. The zero-order chi connectivity index (χ0) is 13.5. The standard InChI is InChI=1S/C12H10O4S2Si/c13-11(5-9-1-3-17-7-9)15-19-16-12(14)6-10-2-4-18-8-10/h1-4,7-8H,5-6H2. The van der Waals surface area contributed by atoms with Crippen molar-refractivity contribution in [2.75, 3.05) is 0 Å². The van der Waals surface area contributed by atoms with Gasteiger partial charge in [-0.1, -0.05) is 0 Å². The SMILES string of the molecule is O=C(Cc1ccsc1)O[Si]OC(=O)Cc1ccsc1. The van der Waals surface area contributed by atoms with E-state index in [1.807, 2.05) is 33.7 Å². The Balaban J connectivity index is 1.63. The first-order valence-electron chi connectivity index (χ1n) is 5.40. The van der Waals surface area contributed by atoms with Gasteiger partial charge in [-0.15, -0.1) is 0 Å². The van der Waals surface area contributed by atoms with Crippen LogP contribution in [0.3, 0.4) is 0 Å². The Kier molecular flexibility index (Phi) is 5.31. The Bertz CT molecular complexity index is 474. The van der Waals surface area contributed by atoms with Crippen molar-refractivity contribution in [2.45, 2.75) is 12.8 Å². The molecule has 19 heavy (non-hydrogen) atoms. The maximum absolute atomic E-state index is 11.4. The first kappa shape index (κ1) is 14.0. The van der Waals surface area contributed by atoms with Gasteiger partial charge in [0.05, 0.1) is 12.8 Å². The van der Waals surface area contributed by atoms with Crippen molar-refractivity contribution < 1.29 is 18.4 Å². The summed E-state index contributed by atoms with van der Waals surface area (Å²) in [5.41, 5.74) is 1.81. The second-order valence-electron chi connectivity index (χ2n) is 3.65. The van der Waals surface area contributed by atoms with E-state index in [0.29, 0.717) is 0 Å². The third-order valence-corrected chi connectivity index (χ3v) is 4.25. The molecule has 0 aliphatic carbocycles. The van der Waals surface area contributed by atoms with Gasteiger partial charge in [0.1, 0.15) is 0 Å². The summed E-state index contributed by atoms with van der Waals surface area (Å²) in [6.07, 6.45) is 0.414. The van der Waals surface area contributed by atoms with Crippen molar-refractivity contribution in [2.24, 2.45) is 0 Å². The highest BCUT2D eigenvalue weighted by molar-refractivity contribution is 7.08. The molecule has 0 amide bonds. The quantitative estimate of drug-likeness (QED) is 0.768. The van der Waals surface area contributed by atoms with Crippen LogP contribution < -0.4 is 0 Å². The molecule has 2 radical (unpaired) electrons. The molecule has 2 rings (SSSR count). The van der Waals surface area contributed by atoms with Gasteiger partial charge in [0.25, 0.3) is 11.9 Å². The van der Waals surface area contributed by atoms with Gasteiger partial charge < -0.3 is 8.85 Å². The van der Waals surface area contributed by atoms with E-state index in [9.17, 15) is 9.59 Å². The number of carbonyl (C=O) groups excluding carboxylic acids is 2. The molecule has 0 unspecified atom stereocenters. The van der Waals surface area contributed by atoms with Crippen molar-refractivity contribution in [3.05, 3.63) is 44.8 Å². The zero-order valence-electron chi connectivity index (χ0n) is 9.83. The van der Waals surface area contributed by atoms with Crippen molar-refractivity contribution in [3.8, 4) is 0 Å². The summed E-state index contributed by atoms with van der Waals surface area (Å²) >= 11 is 3.05. The lowest BCUT2D eigenvalue weighted by Gasteiger charge is -2.03. The average Bonchev–Trinajstić information content (AvgIpc) is 3.02. The van der Waals surface area contributed by atoms with Gasteiger partial charge in [0.2, 0.25) is 0 Å². The molecular weight excluding hydrogens is 300 g/mol. The first-order chi connectivity index (χ1) is 9.24. The van der Waals surface area contributed by atoms with Gasteiger partial charge in [-0.05, 0) is 44.8 Å². The Labute approximate surface area is 121 Å². The van der Waals surface area contributed by atoms with Crippen LogP contribution in [0.25, 0.3) is 0 Å². The predicted octanol–water partition coefficient (Wildman–Crippen LogP) is 2.22. The second kappa shape index (κ2) is 7.22. The molecule has 2 aromatic rings. The van der Waals surface area contributed by atoms with Gasteiger partial charge in [-0.25, -0.2) is 0 Å². The highest BCUT2D eigenvalue weighted by Crippen LogP contribution is 2.08. The van der Waals surface area contributed by atoms with E-state index in [-0.39, 0.29) is 24.8 Å². The molecule has 0 spiro atoms. The van der Waals surface area contributed by atoms with E-state index in [2.05, 4.69) is 0 Å². The molecule has 0 fully saturated rings. The van der Waals surface area contributed by atoms with Crippen molar-refractivity contribution in [1.29, 1.82) is 0 Å². The minimum atomic E-state index is -0.577. The average molecular weight is 310 g/mol. The number of hydrogen-bond donors (Lipinski definition) is 0. The maximum Gasteiger partial charge on any atom is 0.614 e. The number of thiophene rings is 2. The Hall–Kier alpha value is -1.44. The minimum absolute atomic E-state index is 0.207. The lowest BCUT2D eigenvalue weighted by Crippen LogP contribution is -2.18. The van der Waals surface area contributed by atoms with E-state index < -0.39 is 10.0 Å². The summed E-state index contributed by atoms with van der Waals surface area (Å²) in [5.74, 6) is -0.778. The summed E-state index contributed by atoms with van der Waals surface area (Å²) in [7, 11) is -0.577. The van der Waals surface area contributed by atoms with Crippen LogP contribution in [0.4, 0.5) is 0 Å². The van der Waals surface area contributed by atoms with Crippen LogP contribution in [0.1, 0.15) is 11.1 Å². The molecular formula is C12H10O4S2Si. The maximum atomic E-state index is 11.4. The lowest BCUT2D eigenvalue weighted by atomic mass is 10.2. The van der Waals surface area contributed by atoms with Gasteiger partial charge in [-0.2, -0.15) is 22.7 Å². The Morgan fingerprint density at radius 3 is 1.79 bits per heavy atom. The van der Waals surface area contributed by atoms with Crippen molar-refractivity contribution in [1.82, 2.24) is 0 Å². The van der Waals surface area contributed by atoms with Gasteiger partial charge in [0, 0.05) is 0 Å². The molecule has 4 nitrogen and oxygen atoms in total. The van der Waals surface area contributed by atoms with E-state index in [1.54, 1.807) is 0 Å². The van der Waals surface area contributed by atoms with Gasteiger partial charge >= 0.3 is 10.0 Å². The van der Waals surface area contributed by atoms with Crippen LogP contribution in [0.2, 0.25) is 0 Å². The molecule has 0 saturated carbocycles. The smallest absolute Gasteiger partial charge is 0.481 e. The number of hydrogen-bond acceptors (Lipinski definition) is 6. The molecule has 2 aromatic heterocycles. The fourth-order valence-corrected chi connectivity index (χ4v) is 3.01. The molecule has 2 heterocycles. The van der Waals surface area contributed by atoms with E-state index in [4.69, 9.17) is 8.85 Å². The monoisotopic (exact) mass is 310 g/mol. The van der Waals surface area contributed by atoms with Crippen molar-refractivity contribution >= 4 is 44.6 Å². The molecule has 98 valence electrons. The Morgan fingerprint density at radius 2 is 1.42 bits per heavy atom. The van der Waals surface area contributed by atoms with Crippen molar-refractivity contribution in [3.63, 3.8) is 0 Å². The molecule has 7 heteroatoms. The minimum Gasteiger partial charge on any atom is -0.481 e. The largest absolute Gasteiger partial charge is 0.614 e. The van der Waals surface area contributed by atoms with E-state index >= 15 is 0 Å². The highest BCUT2D eigenvalue weighted by Gasteiger charge is 2.11. The summed E-state index contributed by atoms with van der Waals surface area (Å²) in [6.45, 7) is 0. The van der Waals surface area contributed by atoms with Crippen LogP contribution in [0.5, 0.6) is 0 Å². The fraction of sp³-hybridized carbons (Fsp3) is 0.167. The molecule has 0 atom stereocenters. The highest BCUT2D eigenvalue weighted by atomic mass is 32.1. The molecule has 0 bridgehead atoms. The van der Waals surface area contributed by atoms with E-state index in [0.717, 1.165) is 11.1 Å². The van der Waals surface area contributed by atoms with E-state index in [1.165, 1.54) is 22.7 Å². The van der Waals surface area contributed by atoms with Crippen LogP contribution in [0, 0.1) is 0 Å². The molecule has 0 aliphatic heterocycles. The van der Waals surface area contributed by atoms with Gasteiger partial charge in [-0.3, -0.25) is 9.59 Å². The molecule has 0 aromatic carbocycles. The third kappa shape index (κ3) is 4.97. The predicted molar refractivity (Wildman–Crippen MR) is 74.0 cm³/mol. The van der Waals surface area contributed by atoms with Crippen LogP contribution in [-0.2, 0) is 31.3 Å². The topological polar surface area (TPSA) is 52.6 Å². The molecule has 0 aliphatic rings. The fourth-order valence-electron chi connectivity index (χ4n) is 1.31. The summed E-state index contributed by atoms with van der Waals surface area (Å²) in [6, 6.07) is 3.72. The van der Waals surface area contributed by atoms with Crippen LogP contribution in [-0.4, -0.2) is 21.9 Å². The van der Waals surface area contributed by atoms with Crippen LogP contribution >= 0.6 is 22.7 Å². The number of rotatable bonds is 6. The normalized spacial score (nSPS) is 10.1. The second-order valence-corrected chi connectivity index (χ2v) is 5.78. The summed E-state index contributed by atoms with van der Waals surface area (Å²) < 4.78 is 9.72. The number of carbonyl (C=O) groups is 2.